The predicted molar refractivity (Wildman–Crippen MR) is 62.7 cm³/mol. The van der Waals surface area contributed by atoms with Gasteiger partial charge in [0.25, 0.3) is 0 Å². The summed E-state index contributed by atoms with van der Waals surface area (Å²) in [6.45, 7) is 11.5. The molecule has 0 N–H and O–H groups in total. The summed E-state index contributed by atoms with van der Waals surface area (Å²) in [5, 5.41) is 0. The van der Waals surface area contributed by atoms with Gasteiger partial charge in [0.2, 0.25) is 0 Å². The first-order chi connectivity index (χ1) is 6.09. The SMILES string of the molecule is C=C(/C=C\C)N(C)C.C=CCCC. The first kappa shape index (κ1) is 14.5. The third kappa shape index (κ3) is 13.9. The molecule has 0 radical (unpaired) electrons. The van der Waals surface area contributed by atoms with Crippen LogP contribution in [0.1, 0.15) is 26.7 Å². The molecule has 0 aliphatic carbocycles. The zero-order valence-electron chi connectivity index (χ0n) is 9.51. The number of allylic oxidation sites excluding steroid dienone is 3. The van der Waals surface area contributed by atoms with Crippen LogP contribution in [0.2, 0.25) is 0 Å². The van der Waals surface area contributed by atoms with E-state index in [1.54, 1.807) is 0 Å². The van der Waals surface area contributed by atoms with Crippen molar-refractivity contribution in [3.63, 3.8) is 0 Å². The molecule has 0 saturated carbocycles. The second-order valence-electron chi connectivity index (χ2n) is 2.96. The van der Waals surface area contributed by atoms with Crippen LogP contribution in [0.4, 0.5) is 0 Å². The van der Waals surface area contributed by atoms with Gasteiger partial charge in [0.05, 0.1) is 0 Å². The van der Waals surface area contributed by atoms with Crippen LogP contribution in [0, 0.1) is 0 Å². The van der Waals surface area contributed by atoms with E-state index in [-0.39, 0.29) is 0 Å². The Labute approximate surface area is 83.5 Å². The summed E-state index contributed by atoms with van der Waals surface area (Å²) in [5.41, 5.74) is 1.03. The largest absolute Gasteiger partial charge is 0.378 e. The first-order valence-electron chi connectivity index (χ1n) is 4.69. The molecule has 0 spiro atoms. The Balaban J connectivity index is 0. The number of unbranched alkanes of at least 4 members (excludes halogenated alkanes) is 1. The van der Waals surface area contributed by atoms with Gasteiger partial charge in [-0.25, -0.2) is 0 Å². The zero-order valence-corrected chi connectivity index (χ0v) is 9.51. The molecule has 76 valence electrons. The minimum atomic E-state index is 1.03. The molecule has 0 fully saturated rings. The molecule has 0 rings (SSSR count). The van der Waals surface area contributed by atoms with Gasteiger partial charge in [0.15, 0.2) is 0 Å². The third-order valence-electron chi connectivity index (χ3n) is 1.43. The van der Waals surface area contributed by atoms with Crippen LogP contribution < -0.4 is 0 Å². The van der Waals surface area contributed by atoms with Crippen molar-refractivity contribution in [1.82, 2.24) is 4.90 Å². The van der Waals surface area contributed by atoms with Gasteiger partial charge in [-0.1, -0.05) is 32.1 Å². The number of likely N-dealkylation sites (N-methyl/N-ethyl adjacent to an activating group) is 1. The van der Waals surface area contributed by atoms with Gasteiger partial charge in [-0.05, 0) is 19.4 Å². The van der Waals surface area contributed by atoms with Gasteiger partial charge in [-0.2, -0.15) is 0 Å². The Morgan fingerprint density at radius 2 is 1.92 bits per heavy atom. The van der Waals surface area contributed by atoms with Crippen LogP contribution in [0.5, 0.6) is 0 Å². The molecule has 0 amide bonds. The van der Waals surface area contributed by atoms with E-state index >= 15 is 0 Å². The molecule has 0 unspecified atom stereocenters. The maximum atomic E-state index is 3.78. The van der Waals surface area contributed by atoms with E-state index in [0.717, 1.165) is 12.1 Å². The molecule has 0 aromatic heterocycles. The average molecular weight is 181 g/mol. The van der Waals surface area contributed by atoms with Crippen molar-refractivity contribution in [3.8, 4) is 0 Å². The standard InChI is InChI=1S/C7H13N.C5H10/c1-5-6-7(2)8(3)4;1-3-5-4-2/h5-6H,2H2,1,3-4H3;3H,1,4-5H2,2H3/b6-5-;. The summed E-state index contributed by atoms with van der Waals surface area (Å²) >= 11 is 0. The van der Waals surface area contributed by atoms with Gasteiger partial charge in [-0.15, -0.1) is 6.58 Å². The fourth-order valence-electron chi connectivity index (χ4n) is 0.546. The topological polar surface area (TPSA) is 3.24 Å². The van der Waals surface area contributed by atoms with E-state index in [4.69, 9.17) is 0 Å². The maximum Gasteiger partial charge on any atom is 0.0284 e. The molecule has 1 heteroatoms. The summed E-state index contributed by atoms with van der Waals surface area (Å²) in [6, 6.07) is 0. The van der Waals surface area contributed by atoms with E-state index in [1.807, 2.05) is 44.1 Å². The summed E-state index contributed by atoms with van der Waals surface area (Å²) in [4.78, 5) is 1.97. The molecule has 0 aromatic rings. The number of hydrogen-bond acceptors (Lipinski definition) is 1. The molecule has 0 aliphatic heterocycles. The fraction of sp³-hybridized carbons (Fsp3) is 0.500. The number of nitrogens with zero attached hydrogens (tertiary/aromatic N) is 1. The molecular weight excluding hydrogens is 158 g/mol. The Kier molecular flexibility index (Phi) is 12.3. The minimum absolute atomic E-state index is 1.03. The molecule has 0 aliphatic rings. The Bertz CT molecular complexity index is 155. The second-order valence-corrected chi connectivity index (χ2v) is 2.96. The van der Waals surface area contributed by atoms with E-state index < -0.39 is 0 Å². The quantitative estimate of drug-likeness (QED) is 0.473. The lowest BCUT2D eigenvalue weighted by atomic mass is 10.3. The molecule has 13 heavy (non-hydrogen) atoms. The lowest BCUT2D eigenvalue weighted by molar-refractivity contribution is 0.532. The molecule has 0 atom stereocenters. The normalized spacial score (nSPS) is 8.92. The van der Waals surface area contributed by atoms with Crippen LogP contribution in [0.3, 0.4) is 0 Å². The van der Waals surface area contributed by atoms with Crippen molar-refractivity contribution in [3.05, 3.63) is 37.1 Å². The molecular formula is C12H23N. The Morgan fingerprint density at radius 1 is 1.38 bits per heavy atom. The molecule has 0 bridgehead atoms. The zero-order chi connectivity index (χ0) is 10.7. The molecule has 0 heterocycles. The highest BCUT2D eigenvalue weighted by Crippen LogP contribution is 1.93. The van der Waals surface area contributed by atoms with Crippen LogP contribution in [-0.4, -0.2) is 19.0 Å². The summed E-state index contributed by atoms with van der Waals surface area (Å²) in [7, 11) is 3.95. The van der Waals surface area contributed by atoms with Crippen LogP contribution in [0.25, 0.3) is 0 Å². The fourth-order valence-corrected chi connectivity index (χ4v) is 0.546. The average Bonchev–Trinajstić information content (AvgIpc) is 2.07. The van der Waals surface area contributed by atoms with E-state index in [0.29, 0.717) is 0 Å². The summed E-state index contributed by atoms with van der Waals surface area (Å²) in [5.74, 6) is 0. The highest BCUT2D eigenvalue weighted by Gasteiger charge is 1.84. The van der Waals surface area contributed by atoms with Crippen molar-refractivity contribution < 1.29 is 0 Å². The minimum Gasteiger partial charge on any atom is -0.378 e. The van der Waals surface area contributed by atoms with Crippen molar-refractivity contribution in [1.29, 1.82) is 0 Å². The number of rotatable bonds is 4. The van der Waals surface area contributed by atoms with Crippen LogP contribution in [0.15, 0.2) is 37.1 Å². The van der Waals surface area contributed by atoms with Gasteiger partial charge in [0.1, 0.15) is 0 Å². The van der Waals surface area contributed by atoms with Crippen molar-refractivity contribution >= 4 is 0 Å². The predicted octanol–water partition coefficient (Wildman–Crippen LogP) is 3.61. The van der Waals surface area contributed by atoms with Crippen LogP contribution >= 0.6 is 0 Å². The van der Waals surface area contributed by atoms with Gasteiger partial charge in [0, 0.05) is 19.8 Å². The molecule has 1 nitrogen and oxygen atoms in total. The van der Waals surface area contributed by atoms with E-state index in [2.05, 4.69) is 20.1 Å². The molecule has 0 saturated heterocycles. The lowest BCUT2D eigenvalue weighted by Gasteiger charge is -2.10. The Morgan fingerprint density at radius 3 is 2.00 bits per heavy atom. The van der Waals surface area contributed by atoms with Gasteiger partial charge in [-0.3, -0.25) is 0 Å². The smallest absolute Gasteiger partial charge is 0.0284 e. The highest BCUT2D eigenvalue weighted by molar-refractivity contribution is 5.10. The number of hydrogen-bond donors (Lipinski definition) is 0. The highest BCUT2D eigenvalue weighted by atomic mass is 15.1. The molecule has 0 aromatic carbocycles. The monoisotopic (exact) mass is 181 g/mol. The van der Waals surface area contributed by atoms with Gasteiger partial charge >= 0.3 is 0 Å². The van der Waals surface area contributed by atoms with Crippen molar-refractivity contribution in [2.24, 2.45) is 0 Å². The van der Waals surface area contributed by atoms with E-state index in [9.17, 15) is 0 Å². The van der Waals surface area contributed by atoms with Gasteiger partial charge < -0.3 is 4.90 Å². The maximum absolute atomic E-state index is 3.78. The second kappa shape index (κ2) is 11.0. The van der Waals surface area contributed by atoms with E-state index in [1.165, 1.54) is 6.42 Å². The summed E-state index contributed by atoms with van der Waals surface area (Å²) < 4.78 is 0. The Hall–Kier alpha value is -0.980. The van der Waals surface area contributed by atoms with Crippen LogP contribution in [-0.2, 0) is 0 Å². The van der Waals surface area contributed by atoms with Crippen molar-refractivity contribution in [2.75, 3.05) is 14.1 Å². The van der Waals surface area contributed by atoms with Crippen molar-refractivity contribution in [2.45, 2.75) is 26.7 Å². The third-order valence-corrected chi connectivity index (χ3v) is 1.43. The lowest BCUT2D eigenvalue weighted by Crippen LogP contribution is -2.07. The summed E-state index contributed by atoms with van der Waals surface area (Å²) in [6.07, 6.45) is 8.26. The first-order valence-corrected chi connectivity index (χ1v) is 4.69.